The van der Waals surface area contributed by atoms with Crippen molar-refractivity contribution in [3.05, 3.63) is 125 Å². The van der Waals surface area contributed by atoms with Crippen molar-refractivity contribution in [1.29, 1.82) is 0 Å². The lowest BCUT2D eigenvalue weighted by molar-refractivity contribution is 0.0734. The van der Waals surface area contributed by atoms with E-state index >= 15 is 0 Å². The van der Waals surface area contributed by atoms with Crippen LogP contribution in [0.4, 0.5) is 0 Å². The SMILES string of the molecule is CC(Oc1ccc(C(=C2CCOc3ccccc32)c2ccc(OC(=O)c3ccccc3)cc2)cc1)N(C)C. The summed E-state index contributed by atoms with van der Waals surface area (Å²) in [6.45, 7) is 2.64. The zero-order chi connectivity index (χ0) is 26.5. The maximum absolute atomic E-state index is 12.5. The zero-order valence-electron chi connectivity index (χ0n) is 21.9. The second kappa shape index (κ2) is 11.4. The first-order valence-electron chi connectivity index (χ1n) is 12.8. The third-order valence-corrected chi connectivity index (χ3v) is 6.66. The van der Waals surface area contributed by atoms with Gasteiger partial charge in [0.15, 0.2) is 0 Å². The molecule has 0 saturated carbocycles. The lowest BCUT2D eigenvalue weighted by atomic mass is 9.87. The largest absolute Gasteiger partial charge is 0.493 e. The number of fused-ring (bicyclic) bond motifs is 1. The van der Waals surface area contributed by atoms with Gasteiger partial charge in [-0.05, 0) is 85.8 Å². The number of para-hydroxylation sites is 1. The minimum Gasteiger partial charge on any atom is -0.493 e. The first-order valence-corrected chi connectivity index (χ1v) is 12.8. The molecule has 4 aromatic rings. The molecule has 0 spiro atoms. The van der Waals surface area contributed by atoms with E-state index in [2.05, 4.69) is 18.2 Å². The van der Waals surface area contributed by atoms with Crippen LogP contribution in [-0.2, 0) is 0 Å². The third kappa shape index (κ3) is 5.63. The number of carbonyl (C=O) groups is 1. The van der Waals surface area contributed by atoms with Crippen LogP contribution in [0.2, 0.25) is 0 Å². The van der Waals surface area contributed by atoms with E-state index in [1.165, 1.54) is 5.57 Å². The van der Waals surface area contributed by atoms with E-state index in [4.69, 9.17) is 14.2 Å². The summed E-state index contributed by atoms with van der Waals surface area (Å²) in [6.07, 6.45) is 0.750. The van der Waals surface area contributed by atoms with Crippen LogP contribution in [0.3, 0.4) is 0 Å². The summed E-state index contributed by atoms with van der Waals surface area (Å²) in [5, 5.41) is 0. The molecule has 0 radical (unpaired) electrons. The maximum Gasteiger partial charge on any atom is 0.343 e. The van der Waals surface area contributed by atoms with Gasteiger partial charge in [-0.2, -0.15) is 0 Å². The Labute approximate surface area is 223 Å². The number of hydrogen-bond donors (Lipinski definition) is 0. The lowest BCUT2D eigenvalue weighted by Crippen LogP contribution is -2.30. The van der Waals surface area contributed by atoms with Crippen LogP contribution < -0.4 is 14.2 Å². The Kier molecular flexibility index (Phi) is 7.57. The highest BCUT2D eigenvalue weighted by Gasteiger charge is 2.21. The summed E-state index contributed by atoms with van der Waals surface area (Å²) >= 11 is 0. The minimum absolute atomic E-state index is 0.0350. The third-order valence-electron chi connectivity index (χ3n) is 6.66. The molecule has 4 aromatic carbocycles. The van der Waals surface area contributed by atoms with Gasteiger partial charge in [0.25, 0.3) is 0 Å². The van der Waals surface area contributed by atoms with Crippen molar-refractivity contribution >= 4 is 17.1 Å². The predicted molar refractivity (Wildman–Crippen MR) is 151 cm³/mol. The maximum atomic E-state index is 12.5. The average Bonchev–Trinajstić information content (AvgIpc) is 2.95. The Hall–Kier alpha value is -4.35. The summed E-state index contributed by atoms with van der Waals surface area (Å²) in [7, 11) is 3.98. The van der Waals surface area contributed by atoms with Crippen molar-refractivity contribution in [3.8, 4) is 17.2 Å². The van der Waals surface area contributed by atoms with Gasteiger partial charge in [-0.1, -0.05) is 60.7 Å². The van der Waals surface area contributed by atoms with Gasteiger partial charge < -0.3 is 14.2 Å². The van der Waals surface area contributed by atoms with E-state index in [0.717, 1.165) is 40.2 Å². The highest BCUT2D eigenvalue weighted by atomic mass is 16.5. The van der Waals surface area contributed by atoms with Gasteiger partial charge in [0, 0.05) is 12.0 Å². The molecule has 1 heterocycles. The molecule has 5 rings (SSSR count). The van der Waals surface area contributed by atoms with Crippen LogP contribution in [0.25, 0.3) is 11.1 Å². The fourth-order valence-electron chi connectivity index (χ4n) is 4.45. The molecule has 0 saturated heterocycles. The van der Waals surface area contributed by atoms with Gasteiger partial charge in [-0.25, -0.2) is 4.79 Å². The highest BCUT2D eigenvalue weighted by molar-refractivity contribution is 6.00. The van der Waals surface area contributed by atoms with Crippen LogP contribution in [0.1, 0.15) is 40.4 Å². The number of esters is 1. The molecule has 0 bridgehead atoms. The van der Waals surface area contributed by atoms with Crippen LogP contribution in [0.15, 0.2) is 103 Å². The molecule has 0 aliphatic carbocycles. The van der Waals surface area contributed by atoms with E-state index in [9.17, 15) is 4.79 Å². The standard InChI is InChI=1S/C33H31NO4/c1-23(34(2)3)37-27-17-13-24(14-18-27)32(30-21-22-36-31-12-8-7-11-29(30)31)25-15-19-28(20-16-25)38-33(35)26-9-5-4-6-10-26/h4-20,23H,21-22H2,1-3H3. The molecule has 192 valence electrons. The number of hydrogen-bond acceptors (Lipinski definition) is 5. The second-order valence-corrected chi connectivity index (χ2v) is 9.43. The van der Waals surface area contributed by atoms with Crippen LogP contribution in [0, 0.1) is 0 Å². The quantitative estimate of drug-likeness (QED) is 0.155. The normalized spacial score (nSPS) is 14.7. The topological polar surface area (TPSA) is 48.0 Å². The van der Waals surface area contributed by atoms with Crippen molar-refractivity contribution < 1.29 is 19.0 Å². The smallest absolute Gasteiger partial charge is 0.343 e. The fraction of sp³-hybridized carbons (Fsp3) is 0.182. The molecule has 0 fully saturated rings. The van der Waals surface area contributed by atoms with Crippen molar-refractivity contribution in [2.75, 3.05) is 20.7 Å². The molecule has 0 aromatic heterocycles. The van der Waals surface area contributed by atoms with Gasteiger partial charge in [-0.15, -0.1) is 0 Å². The monoisotopic (exact) mass is 505 g/mol. The molecular formula is C33H31NO4. The molecule has 5 heteroatoms. The first kappa shape index (κ1) is 25.3. The van der Waals surface area contributed by atoms with Gasteiger partial charge in [-0.3, -0.25) is 4.90 Å². The Morgan fingerprint density at radius 2 is 1.37 bits per heavy atom. The fourth-order valence-corrected chi connectivity index (χ4v) is 4.45. The van der Waals surface area contributed by atoms with Gasteiger partial charge >= 0.3 is 5.97 Å². The molecule has 1 atom stereocenters. The van der Waals surface area contributed by atoms with Crippen molar-refractivity contribution in [2.24, 2.45) is 0 Å². The van der Waals surface area contributed by atoms with Gasteiger partial charge in [0.2, 0.25) is 0 Å². The van der Waals surface area contributed by atoms with Crippen LogP contribution in [-0.4, -0.2) is 37.8 Å². The van der Waals surface area contributed by atoms with Crippen LogP contribution >= 0.6 is 0 Å². The number of rotatable bonds is 7. The highest BCUT2D eigenvalue weighted by Crippen LogP contribution is 2.41. The summed E-state index contributed by atoms with van der Waals surface area (Å²) in [5.74, 6) is 1.83. The Balaban J connectivity index is 1.51. The van der Waals surface area contributed by atoms with Crippen LogP contribution in [0.5, 0.6) is 17.2 Å². The van der Waals surface area contributed by atoms with E-state index in [0.29, 0.717) is 17.9 Å². The Morgan fingerprint density at radius 1 is 0.763 bits per heavy atom. The molecule has 1 aliphatic heterocycles. The molecule has 1 aliphatic rings. The molecule has 1 unspecified atom stereocenters. The molecule has 0 N–H and O–H groups in total. The summed E-state index contributed by atoms with van der Waals surface area (Å²) < 4.78 is 17.6. The lowest BCUT2D eigenvalue weighted by Gasteiger charge is -2.24. The van der Waals surface area contributed by atoms with Crippen molar-refractivity contribution in [2.45, 2.75) is 19.6 Å². The average molecular weight is 506 g/mol. The number of nitrogens with zero attached hydrogens (tertiary/aromatic N) is 1. The van der Waals surface area contributed by atoms with E-state index in [-0.39, 0.29) is 12.2 Å². The Bertz CT molecular complexity index is 1420. The zero-order valence-corrected chi connectivity index (χ0v) is 21.9. The second-order valence-electron chi connectivity index (χ2n) is 9.43. The summed E-state index contributed by atoms with van der Waals surface area (Å²) in [5.41, 5.74) is 6.06. The number of benzene rings is 4. The van der Waals surface area contributed by atoms with E-state index in [1.54, 1.807) is 12.1 Å². The Morgan fingerprint density at radius 3 is 2.03 bits per heavy atom. The first-order chi connectivity index (χ1) is 18.5. The minimum atomic E-state index is -0.377. The molecule has 38 heavy (non-hydrogen) atoms. The molecule has 0 amide bonds. The molecule has 5 nitrogen and oxygen atoms in total. The van der Waals surface area contributed by atoms with Gasteiger partial charge in [0.1, 0.15) is 23.5 Å². The number of carbonyl (C=O) groups excluding carboxylic acids is 1. The molecular weight excluding hydrogens is 474 g/mol. The summed E-state index contributed by atoms with van der Waals surface area (Å²) in [6, 6.07) is 33.1. The number of ether oxygens (including phenoxy) is 3. The van der Waals surface area contributed by atoms with E-state index < -0.39 is 0 Å². The summed E-state index contributed by atoms with van der Waals surface area (Å²) in [4.78, 5) is 14.5. The predicted octanol–water partition coefficient (Wildman–Crippen LogP) is 6.93. The van der Waals surface area contributed by atoms with Crippen molar-refractivity contribution in [1.82, 2.24) is 4.90 Å². The van der Waals surface area contributed by atoms with Gasteiger partial charge in [0.05, 0.1) is 12.2 Å². The van der Waals surface area contributed by atoms with E-state index in [1.807, 2.05) is 98.7 Å². The van der Waals surface area contributed by atoms with Crippen molar-refractivity contribution in [3.63, 3.8) is 0 Å².